The Bertz CT molecular complexity index is 1090. The van der Waals surface area contributed by atoms with Gasteiger partial charge in [-0.2, -0.15) is 0 Å². The van der Waals surface area contributed by atoms with E-state index in [1.165, 1.54) is 30.6 Å². The van der Waals surface area contributed by atoms with Crippen LogP contribution in [0.5, 0.6) is 11.5 Å². The zero-order chi connectivity index (χ0) is 22.4. The number of hydrogen-bond acceptors (Lipinski definition) is 7. The summed E-state index contributed by atoms with van der Waals surface area (Å²) >= 11 is 13.5. The van der Waals surface area contributed by atoms with Crippen LogP contribution in [0, 0.1) is 10.1 Å². The molecule has 0 fully saturated rings. The van der Waals surface area contributed by atoms with Gasteiger partial charge in [0.25, 0.3) is 11.6 Å². The zero-order valence-electron chi connectivity index (χ0n) is 16.3. The van der Waals surface area contributed by atoms with Crippen LogP contribution in [0.4, 0.5) is 5.69 Å². The van der Waals surface area contributed by atoms with Crippen molar-refractivity contribution in [3.63, 3.8) is 0 Å². The van der Waals surface area contributed by atoms with Gasteiger partial charge in [-0.15, -0.1) is 11.3 Å². The first-order valence-corrected chi connectivity index (χ1v) is 10.7. The van der Waals surface area contributed by atoms with Gasteiger partial charge in [0.05, 0.1) is 39.3 Å². The average Bonchev–Trinajstić information content (AvgIpc) is 3.28. The summed E-state index contributed by atoms with van der Waals surface area (Å²) in [7, 11) is 1.39. The molecule has 0 aliphatic rings. The van der Waals surface area contributed by atoms with Crippen LogP contribution < -0.4 is 14.8 Å². The van der Waals surface area contributed by atoms with Crippen LogP contribution in [0.25, 0.3) is 0 Å². The topological polar surface area (TPSA) is 104 Å². The summed E-state index contributed by atoms with van der Waals surface area (Å²) in [4.78, 5) is 27.7. The molecule has 3 rings (SSSR count). The number of nitrogens with zero attached hydrogens (tertiary/aromatic N) is 2. The van der Waals surface area contributed by atoms with E-state index in [0.717, 1.165) is 5.56 Å². The molecule has 3 aromatic rings. The second kappa shape index (κ2) is 10.4. The fourth-order valence-corrected chi connectivity index (χ4v) is 3.72. The van der Waals surface area contributed by atoms with Crippen molar-refractivity contribution in [1.82, 2.24) is 10.3 Å². The summed E-state index contributed by atoms with van der Waals surface area (Å²) in [5, 5.41) is 16.9. The first-order chi connectivity index (χ1) is 14.9. The zero-order valence-corrected chi connectivity index (χ0v) is 18.6. The van der Waals surface area contributed by atoms with E-state index in [1.807, 2.05) is 0 Å². The molecule has 8 nitrogen and oxygen atoms in total. The maximum Gasteiger partial charge on any atom is 0.286 e. The number of rotatable bonds is 9. The molecule has 0 aliphatic carbocycles. The maximum atomic E-state index is 12.7. The molecule has 1 heterocycles. The average molecular weight is 482 g/mol. The van der Waals surface area contributed by atoms with Crippen LogP contribution >= 0.6 is 34.5 Å². The normalized spacial score (nSPS) is 10.5. The highest BCUT2D eigenvalue weighted by Crippen LogP contribution is 2.35. The molecule has 1 amide bonds. The molecular weight excluding hydrogens is 465 g/mol. The minimum Gasteiger partial charge on any atom is -0.493 e. The monoisotopic (exact) mass is 481 g/mol. The van der Waals surface area contributed by atoms with Crippen LogP contribution in [0.1, 0.15) is 21.6 Å². The lowest BCUT2D eigenvalue weighted by molar-refractivity contribution is -0.385. The third-order valence-corrected chi connectivity index (χ3v) is 5.79. The van der Waals surface area contributed by atoms with Crippen LogP contribution in [0.15, 0.2) is 41.2 Å². The highest BCUT2D eigenvalue weighted by atomic mass is 35.5. The van der Waals surface area contributed by atoms with E-state index in [-0.39, 0.29) is 30.2 Å². The van der Waals surface area contributed by atoms with Gasteiger partial charge >= 0.3 is 0 Å². The molecule has 0 unspecified atom stereocenters. The predicted molar refractivity (Wildman–Crippen MR) is 119 cm³/mol. The Kier molecular flexibility index (Phi) is 7.67. The Hall–Kier alpha value is -2.88. The highest BCUT2D eigenvalue weighted by molar-refractivity contribution is 7.07. The Morgan fingerprint density at radius 2 is 2.10 bits per heavy atom. The molecule has 0 spiro atoms. The number of carbonyl (C=O) groups excluding carboxylic acids is 1. The van der Waals surface area contributed by atoms with Crippen molar-refractivity contribution < 1.29 is 19.2 Å². The number of thiazole rings is 1. The second-order valence-corrected chi connectivity index (χ2v) is 7.77. The van der Waals surface area contributed by atoms with E-state index in [2.05, 4.69) is 10.3 Å². The quantitative estimate of drug-likeness (QED) is 0.343. The van der Waals surface area contributed by atoms with Crippen molar-refractivity contribution in [1.29, 1.82) is 0 Å². The summed E-state index contributed by atoms with van der Waals surface area (Å²) in [6, 6.07) is 7.68. The largest absolute Gasteiger partial charge is 0.493 e. The lowest BCUT2D eigenvalue weighted by Crippen LogP contribution is -2.26. The van der Waals surface area contributed by atoms with Gasteiger partial charge in [-0.1, -0.05) is 35.3 Å². The lowest BCUT2D eigenvalue weighted by Gasteiger charge is -2.13. The van der Waals surface area contributed by atoms with E-state index in [4.69, 9.17) is 32.7 Å². The van der Waals surface area contributed by atoms with Gasteiger partial charge in [0, 0.05) is 18.0 Å². The highest BCUT2D eigenvalue weighted by Gasteiger charge is 2.25. The van der Waals surface area contributed by atoms with Crippen LogP contribution in [-0.2, 0) is 13.0 Å². The Morgan fingerprint density at radius 1 is 1.29 bits per heavy atom. The van der Waals surface area contributed by atoms with Crippen molar-refractivity contribution in [3.8, 4) is 11.5 Å². The lowest BCUT2D eigenvalue weighted by atomic mass is 10.1. The number of nitrogens with one attached hydrogen (secondary N) is 1. The minimum atomic E-state index is -0.641. The van der Waals surface area contributed by atoms with Gasteiger partial charge in [0.15, 0.2) is 11.5 Å². The summed E-state index contributed by atoms with van der Waals surface area (Å²) in [6.45, 7) is 0.323. The SMILES string of the molecule is COc1cc(C(=O)NCCc2cccc(Cl)c2Cl)c([N+](=O)[O-])cc1OCc1cscn1. The molecule has 0 saturated heterocycles. The molecule has 0 saturated carbocycles. The molecule has 0 radical (unpaired) electrons. The van der Waals surface area contributed by atoms with E-state index in [9.17, 15) is 14.9 Å². The second-order valence-electron chi connectivity index (χ2n) is 6.26. The van der Waals surface area contributed by atoms with Crippen molar-refractivity contribution in [3.05, 3.63) is 78.2 Å². The number of carbonyl (C=O) groups is 1. The number of methoxy groups -OCH3 is 1. The summed E-state index contributed by atoms with van der Waals surface area (Å²) < 4.78 is 10.9. The van der Waals surface area contributed by atoms with E-state index in [0.29, 0.717) is 22.2 Å². The minimum absolute atomic E-state index is 0.114. The number of aromatic nitrogens is 1. The number of nitro benzene ring substituents is 1. The van der Waals surface area contributed by atoms with Crippen LogP contribution in [0.2, 0.25) is 10.0 Å². The molecule has 0 atom stereocenters. The molecule has 1 aromatic heterocycles. The van der Waals surface area contributed by atoms with Gasteiger partial charge in [0.2, 0.25) is 0 Å². The standard InChI is InChI=1S/C20H17Cl2N3O5S/c1-29-17-7-14(20(26)23-6-5-12-3-2-4-15(21)19(12)22)16(25(27)28)8-18(17)30-9-13-10-31-11-24-13/h2-4,7-8,10-11H,5-6,9H2,1H3,(H,23,26). The molecule has 0 bridgehead atoms. The first-order valence-electron chi connectivity index (χ1n) is 8.98. The van der Waals surface area contributed by atoms with Gasteiger partial charge in [-0.25, -0.2) is 4.98 Å². The van der Waals surface area contributed by atoms with Crippen molar-refractivity contribution in [2.24, 2.45) is 0 Å². The molecular formula is C20H17Cl2N3O5S. The molecule has 162 valence electrons. The Labute approximate surface area is 191 Å². The fourth-order valence-electron chi connectivity index (χ4n) is 2.76. The first kappa shape index (κ1) is 22.8. The summed E-state index contributed by atoms with van der Waals surface area (Å²) in [5.41, 5.74) is 2.55. The number of ether oxygens (including phenoxy) is 2. The van der Waals surface area contributed by atoms with Gasteiger partial charge in [-0.3, -0.25) is 14.9 Å². The van der Waals surface area contributed by atoms with Crippen molar-refractivity contribution in [2.45, 2.75) is 13.0 Å². The Morgan fingerprint density at radius 3 is 2.77 bits per heavy atom. The Balaban J connectivity index is 1.76. The third-order valence-electron chi connectivity index (χ3n) is 4.29. The third kappa shape index (κ3) is 5.63. The molecule has 11 heteroatoms. The van der Waals surface area contributed by atoms with Gasteiger partial charge < -0.3 is 14.8 Å². The molecule has 2 aromatic carbocycles. The number of amides is 1. The van der Waals surface area contributed by atoms with Crippen molar-refractivity contribution >= 4 is 46.1 Å². The smallest absolute Gasteiger partial charge is 0.286 e. The van der Waals surface area contributed by atoms with E-state index in [1.54, 1.807) is 29.1 Å². The number of halogens is 2. The van der Waals surface area contributed by atoms with E-state index < -0.39 is 16.5 Å². The van der Waals surface area contributed by atoms with Crippen LogP contribution in [-0.4, -0.2) is 29.5 Å². The van der Waals surface area contributed by atoms with Gasteiger partial charge in [-0.05, 0) is 18.1 Å². The number of nitro groups is 1. The number of benzene rings is 2. The molecule has 31 heavy (non-hydrogen) atoms. The predicted octanol–water partition coefficient (Wildman–Crippen LogP) is 4.92. The fraction of sp³-hybridized carbons (Fsp3) is 0.200. The van der Waals surface area contributed by atoms with E-state index >= 15 is 0 Å². The summed E-state index contributed by atoms with van der Waals surface area (Å²) in [5.74, 6) is -0.275. The van der Waals surface area contributed by atoms with Crippen molar-refractivity contribution in [2.75, 3.05) is 13.7 Å². The van der Waals surface area contributed by atoms with Crippen LogP contribution in [0.3, 0.4) is 0 Å². The number of hydrogen-bond donors (Lipinski definition) is 1. The maximum absolute atomic E-state index is 12.7. The molecule has 1 N–H and O–H groups in total. The molecule has 0 aliphatic heterocycles. The summed E-state index contributed by atoms with van der Waals surface area (Å²) in [6.07, 6.45) is 0.408. The van der Waals surface area contributed by atoms with Gasteiger partial charge in [0.1, 0.15) is 12.2 Å².